The van der Waals surface area contributed by atoms with Crippen LogP contribution in [0.4, 0.5) is 5.82 Å². The van der Waals surface area contributed by atoms with Crippen molar-refractivity contribution < 1.29 is 9.59 Å². The van der Waals surface area contributed by atoms with Crippen molar-refractivity contribution in [3.05, 3.63) is 85.9 Å². The Labute approximate surface area is 185 Å². The van der Waals surface area contributed by atoms with E-state index in [1.165, 1.54) is 12.4 Å². The summed E-state index contributed by atoms with van der Waals surface area (Å²) in [6.45, 7) is 0. The van der Waals surface area contributed by atoms with Gasteiger partial charge in [-0.1, -0.05) is 23.7 Å². The molecule has 3 aromatic heterocycles. The molecule has 0 atom stereocenters. The molecule has 2 N–H and O–H groups in total. The first kappa shape index (κ1) is 20.3. The highest BCUT2D eigenvalue weighted by Crippen LogP contribution is 2.44. The van der Waals surface area contributed by atoms with Gasteiger partial charge in [-0.3, -0.25) is 9.59 Å². The van der Waals surface area contributed by atoms with Gasteiger partial charge >= 0.3 is 0 Å². The predicted molar refractivity (Wildman–Crippen MR) is 118 cm³/mol. The Kier molecular flexibility index (Phi) is 5.67. The first-order chi connectivity index (χ1) is 14.6. The van der Waals surface area contributed by atoms with Gasteiger partial charge in [0, 0.05) is 13.2 Å². The molecule has 1 amide bonds. The minimum atomic E-state index is -0.857. The molecule has 0 radical (unpaired) electrons. The topological polar surface area (TPSA) is 87.2 Å². The van der Waals surface area contributed by atoms with Crippen molar-refractivity contribution in [2.45, 2.75) is 5.66 Å². The van der Waals surface area contributed by atoms with Gasteiger partial charge in [0.1, 0.15) is 17.8 Å². The molecule has 0 aromatic carbocycles. The van der Waals surface area contributed by atoms with Gasteiger partial charge in [-0.2, -0.15) is 0 Å². The van der Waals surface area contributed by atoms with E-state index in [2.05, 4.69) is 20.6 Å². The molecule has 0 aliphatic carbocycles. The highest BCUT2D eigenvalue weighted by Gasteiger charge is 2.50. The number of allylic oxidation sites excluding steroid dienone is 3. The zero-order chi connectivity index (χ0) is 21.1. The van der Waals surface area contributed by atoms with Crippen LogP contribution in [0.25, 0.3) is 0 Å². The molecule has 10 heteroatoms. The molecular formula is C20H16ClN5O2S2. The highest BCUT2D eigenvalue weighted by atomic mass is 35.5. The van der Waals surface area contributed by atoms with Gasteiger partial charge in [-0.15, -0.1) is 22.7 Å². The average Bonchev–Trinajstić information content (AvgIpc) is 3.50. The highest BCUT2D eigenvalue weighted by molar-refractivity contribution is 7.11. The third-order valence-corrected chi connectivity index (χ3v) is 6.84. The molecule has 0 bridgehead atoms. The van der Waals surface area contributed by atoms with E-state index in [4.69, 9.17) is 11.6 Å². The van der Waals surface area contributed by atoms with Crippen LogP contribution in [0.1, 0.15) is 9.75 Å². The van der Waals surface area contributed by atoms with Crippen molar-refractivity contribution in [3.8, 4) is 0 Å². The van der Waals surface area contributed by atoms with Gasteiger partial charge in [-0.25, -0.2) is 9.97 Å². The minimum Gasteiger partial charge on any atom is -0.337 e. The number of aromatic nitrogens is 2. The van der Waals surface area contributed by atoms with E-state index >= 15 is 0 Å². The van der Waals surface area contributed by atoms with E-state index in [1.807, 2.05) is 39.9 Å². The second kappa shape index (κ2) is 8.39. The van der Waals surface area contributed by atoms with Crippen LogP contribution in [-0.2, 0) is 15.3 Å². The number of amides is 1. The van der Waals surface area contributed by atoms with Gasteiger partial charge in [0.05, 0.1) is 20.5 Å². The van der Waals surface area contributed by atoms with E-state index in [9.17, 15) is 9.59 Å². The number of anilines is 1. The van der Waals surface area contributed by atoms with Crippen molar-refractivity contribution in [1.29, 1.82) is 0 Å². The number of aldehydes is 1. The third-order valence-electron chi connectivity index (χ3n) is 4.59. The molecule has 1 saturated heterocycles. The maximum atomic E-state index is 13.0. The fourth-order valence-corrected chi connectivity index (χ4v) is 5.51. The maximum Gasteiger partial charge on any atom is 0.271 e. The quantitative estimate of drug-likeness (QED) is 0.435. The van der Waals surface area contributed by atoms with Crippen LogP contribution < -0.4 is 10.6 Å². The van der Waals surface area contributed by atoms with Crippen molar-refractivity contribution in [1.82, 2.24) is 20.2 Å². The van der Waals surface area contributed by atoms with Crippen molar-refractivity contribution in [2.24, 2.45) is 0 Å². The second-order valence-corrected chi connectivity index (χ2v) is 8.61. The molecule has 7 nitrogen and oxygen atoms in total. The Morgan fingerprint density at radius 2 is 1.93 bits per heavy atom. The fraction of sp³-hybridized carbons (Fsp3) is 0.100. The number of carbonyl (C=O) groups excluding carboxylic acids is 2. The van der Waals surface area contributed by atoms with Gasteiger partial charge < -0.3 is 15.5 Å². The molecule has 0 spiro atoms. The number of hydrogen-bond acceptors (Lipinski definition) is 8. The van der Waals surface area contributed by atoms with E-state index in [-0.39, 0.29) is 22.3 Å². The summed E-state index contributed by atoms with van der Waals surface area (Å²) in [6, 6.07) is 9.44. The average molecular weight is 458 g/mol. The Bertz CT molecular complexity index is 1080. The number of carbonyl (C=O) groups is 2. The smallest absolute Gasteiger partial charge is 0.271 e. The molecule has 0 saturated carbocycles. The van der Waals surface area contributed by atoms with Crippen LogP contribution in [0, 0.1) is 0 Å². The molecule has 1 aliphatic heterocycles. The van der Waals surface area contributed by atoms with Crippen molar-refractivity contribution in [2.75, 3.05) is 12.4 Å². The van der Waals surface area contributed by atoms with Gasteiger partial charge in [0.25, 0.3) is 5.91 Å². The summed E-state index contributed by atoms with van der Waals surface area (Å²) in [7, 11) is 1.81. The van der Waals surface area contributed by atoms with Crippen LogP contribution >= 0.6 is 34.3 Å². The molecule has 0 unspecified atom stereocenters. The molecular weight excluding hydrogens is 442 g/mol. The Morgan fingerprint density at radius 1 is 1.23 bits per heavy atom. The van der Waals surface area contributed by atoms with E-state index in [0.717, 1.165) is 9.75 Å². The predicted octanol–water partition coefficient (Wildman–Crippen LogP) is 3.51. The van der Waals surface area contributed by atoms with Crippen LogP contribution in [0.2, 0.25) is 0 Å². The number of rotatable bonds is 6. The van der Waals surface area contributed by atoms with Crippen molar-refractivity contribution >= 4 is 52.3 Å². The zero-order valence-electron chi connectivity index (χ0n) is 15.7. The fourth-order valence-electron chi connectivity index (χ4n) is 3.26. The molecule has 1 aliphatic rings. The van der Waals surface area contributed by atoms with Crippen LogP contribution in [0.15, 0.2) is 76.1 Å². The maximum absolute atomic E-state index is 13.0. The Morgan fingerprint density at radius 3 is 2.47 bits per heavy atom. The molecule has 1 fully saturated rings. The SMILES string of the molecule is CN1/C(=C(Cl)\C=C(/C=O)Nc2ccncn2)C(=O)NC1(c1cccs1)c1cccs1. The first-order valence-corrected chi connectivity index (χ1v) is 10.9. The Hall–Kier alpha value is -3.01. The summed E-state index contributed by atoms with van der Waals surface area (Å²) < 4.78 is 0. The third kappa shape index (κ3) is 3.51. The summed E-state index contributed by atoms with van der Waals surface area (Å²) in [5.74, 6) is 0.112. The molecule has 30 heavy (non-hydrogen) atoms. The van der Waals surface area contributed by atoms with E-state index < -0.39 is 5.66 Å². The monoisotopic (exact) mass is 457 g/mol. The van der Waals surface area contributed by atoms with Gasteiger partial charge in [-0.05, 0) is 35.0 Å². The zero-order valence-corrected chi connectivity index (χ0v) is 18.1. The number of nitrogens with zero attached hydrogens (tertiary/aromatic N) is 3. The molecule has 152 valence electrons. The lowest BCUT2D eigenvalue weighted by atomic mass is 10.1. The number of likely N-dealkylation sites (N-methyl/N-ethyl adjacent to an activating group) is 1. The van der Waals surface area contributed by atoms with Gasteiger partial charge in [0.2, 0.25) is 0 Å². The largest absolute Gasteiger partial charge is 0.337 e. The van der Waals surface area contributed by atoms with Crippen LogP contribution in [0.3, 0.4) is 0 Å². The summed E-state index contributed by atoms with van der Waals surface area (Å²) in [6.07, 6.45) is 4.94. The number of thiophene rings is 2. The van der Waals surface area contributed by atoms with Crippen LogP contribution in [0.5, 0.6) is 0 Å². The standard InChI is InChI=1S/C20H16ClN5O2S2/c1-26-18(14(21)10-13(11-27)24-17-6-7-22-12-23-17)19(28)25-20(26,15-4-2-8-29-15)16-5-3-9-30-16/h2-12H,1H3,(H,25,28)(H,22,23,24)/b13-10+,18-14+. The summed E-state index contributed by atoms with van der Waals surface area (Å²) in [4.78, 5) is 36.2. The van der Waals surface area contributed by atoms with E-state index in [1.54, 1.807) is 42.0 Å². The minimum absolute atomic E-state index is 0.133. The number of nitrogens with one attached hydrogen (secondary N) is 2. The normalized spacial score (nSPS) is 17.6. The van der Waals surface area contributed by atoms with Crippen LogP contribution in [-0.4, -0.2) is 34.1 Å². The lowest BCUT2D eigenvalue weighted by Crippen LogP contribution is -2.47. The van der Waals surface area contributed by atoms with E-state index in [0.29, 0.717) is 12.1 Å². The molecule has 4 rings (SSSR count). The molecule has 4 heterocycles. The molecule has 3 aromatic rings. The number of halogens is 1. The first-order valence-electron chi connectivity index (χ1n) is 8.80. The number of hydrogen-bond donors (Lipinski definition) is 2. The van der Waals surface area contributed by atoms with Crippen molar-refractivity contribution in [3.63, 3.8) is 0 Å². The lowest BCUT2D eigenvalue weighted by Gasteiger charge is -2.35. The second-order valence-electron chi connectivity index (χ2n) is 6.31. The summed E-state index contributed by atoms with van der Waals surface area (Å²) in [5.41, 5.74) is -0.427. The lowest BCUT2D eigenvalue weighted by molar-refractivity contribution is -0.117. The Balaban J connectivity index is 1.76. The summed E-state index contributed by atoms with van der Waals surface area (Å²) in [5, 5.41) is 10.0. The summed E-state index contributed by atoms with van der Waals surface area (Å²) >= 11 is 9.63. The van der Waals surface area contributed by atoms with Gasteiger partial charge in [0.15, 0.2) is 11.9 Å².